The van der Waals surface area contributed by atoms with Crippen LogP contribution in [0.15, 0.2) is 0 Å². The van der Waals surface area contributed by atoms with E-state index >= 15 is 0 Å². The van der Waals surface area contributed by atoms with Gasteiger partial charge in [-0.1, -0.05) is 6.92 Å². The average molecular weight is 88.1 g/mol. The molecule has 0 saturated carbocycles. The van der Waals surface area contributed by atoms with Gasteiger partial charge in [0.1, 0.15) is 0 Å². The van der Waals surface area contributed by atoms with Gasteiger partial charge in [0.05, 0.1) is 0 Å². The molecular formula is C4H10NO. The fraction of sp³-hybridized carbons (Fsp3) is 0.750. The maximum atomic E-state index is 8.47. The van der Waals surface area contributed by atoms with E-state index in [0.717, 1.165) is 0 Å². The van der Waals surface area contributed by atoms with Crippen LogP contribution < -0.4 is 5.32 Å². The van der Waals surface area contributed by atoms with Crippen LogP contribution in [0.4, 0.5) is 0 Å². The molecule has 0 aliphatic rings. The Morgan fingerprint density at radius 3 is 2.33 bits per heavy atom. The zero-order valence-corrected chi connectivity index (χ0v) is 4.15. The van der Waals surface area contributed by atoms with Crippen molar-refractivity contribution >= 4 is 0 Å². The molecule has 0 fully saturated rings. The van der Waals surface area contributed by atoms with Crippen molar-refractivity contribution in [3.63, 3.8) is 0 Å². The lowest BCUT2D eigenvalue weighted by molar-refractivity contribution is 0.259. The summed E-state index contributed by atoms with van der Waals surface area (Å²) < 4.78 is 0. The van der Waals surface area contributed by atoms with Gasteiger partial charge in [0.2, 0.25) is 0 Å². The number of hydrogen-bond donors (Lipinski definition) is 2. The molecule has 0 spiro atoms. The van der Waals surface area contributed by atoms with Crippen molar-refractivity contribution in [3.05, 3.63) is 6.23 Å². The van der Waals surface area contributed by atoms with Gasteiger partial charge in [0, 0.05) is 0 Å². The normalized spacial score (nSPS) is 10.0. The molecule has 0 aromatic rings. The number of aliphatic hydroxyl groups excluding tert-OH is 1. The zero-order chi connectivity index (χ0) is 4.99. The van der Waals surface area contributed by atoms with Gasteiger partial charge in [0.25, 0.3) is 0 Å². The van der Waals surface area contributed by atoms with E-state index in [-0.39, 0.29) is 0 Å². The van der Waals surface area contributed by atoms with Crippen LogP contribution in [0.25, 0.3) is 0 Å². The SMILES string of the molecule is CC[C](O)NC. The first-order valence-corrected chi connectivity index (χ1v) is 2.03. The number of aliphatic hydroxyl groups is 1. The molecule has 0 bridgehead atoms. The van der Waals surface area contributed by atoms with Gasteiger partial charge in [-0.2, -0.15) is 0 Å². The Balaban J connectivity index is 2.75. The van der Waals surface area contributed by atoms with Crippen LogP contribution in [0, 0.1) is 6.23 Å². The second kappa shape index (κ2) is 3.12. The fourth-order valence-corrected chi connectivity index (χ4v) is 0.177. The molecule has 37 valence electrons. The fourth-order valence-electron chi connectivity index (χ4n) is 0.177. The number of hydrogen-bond acceptors (Lipinski definition) is 2. The molecule has 0 amide bonds. The summed E-state index contributed by atoms with van der Waals surface area (Å²) in [5.74, 6) is 0. The van der Waals surface area contributed by atoms with Crippen LogP contribution in [0.2, 0.25) is 0 Å². The van der Waals surface area contributed by atoms with Gasteiger partial charge in [-0.05, 0) is 13.5 Å². The van der Waals surface area contributed by atoms with Gasteiger partial charge in [-0.3, -0.25) is 5.32 Å². The minimum Gasteiger partial charge on any atom is -0.371 e. The number of nitrogens with one attached hydrogen (secondary N) is 1. The van der Waals surface area contributed by atoms with Crippen molar-refractivity contribution in [2.24, 2.45) is 0 Å². The Labute approximate surface area is 38.2 Å². The van der Waals surface area contributed by atoms with Gasteiger partial charge < -0.3 is 5.11 Å². The highest BCUT2D eigenvalue weighted by Gasteiger charge is 1.91. The van der Waals surface area contributed by atoms with Crippen LogP contribution in [0.3, 0.4) is 0 Å². The molecule has 2 heteroatoms. The molecular weight excluding hydrogens is 78.0 g/mol. The predicted molar refractivity (Wildman–Crippen MR) is 24.5 cm³/mol. The van der Waals surface area contributed by atoms with Gasteiger partial charge in [-0.15, -0.1) is 0 Å². The minimum absolute atomic E-state index is 0.343. The summed E-state index contributed by atoms with van der Waals surface area (Å²) >= 11 is 0. The highest BCUT2D eigenvalue weighted by molar-refractivity contribution is 4.63. The topological polar surface area (TPSA) is 32.3 Å². The quantitative estimate of drug-likeness (QED) is 0.514. The molecule has 0 unspecified atom stereocenters. The summed E-state index contributed by atoms with van der Waals surface area (Å²) in [6.07, 6.45) is 1.03. The van der Waals surface area contributed by atoms with E-state index < -0.39 is 0 Å². The lowest BCUT2D eigenvalue weighted by atomic mass is 10.4. The molecule has 0 aromatic carbocycles. The molecule has 0 aromatic heterocycles. The first-order chi connectivity index (χ1) is 2.81. The summed E-state index contributed by atoms with van der Waals surface area (Å²) in [7, 11) is 1.69. The highest BCUT2D eigenvalue weighted by Crippen LogP contribution is 1.88. The Morgan fingerprint density at radius 1 is 1.83 bits per heavy atom. The first-order valence-electron chi connectivity index (χ1n) is 2.03. The van der Waals surface area contributed by atoms with Crippen molar-refractivity contribution in [3.8, 4) is 0 Å². The molecule has 2 N–H and O–H groups in total. The maximum Gasteiger partial charge on any atom is 0.158 e. The first kappa shape index (κ1) is 5.92. The van der Waals surface area contributed by atoms with Crippen molar-refractivity contribution in [2.45, 2.75) is 13.3 Å². The molecule has 0 atom stereocenters. The van der Waals surface area contributed by atoms with Crippen LogP contribution in [0.5, 0.6) is 0 Å². The predicted octanol–water partition coefficient (Wildman–Crippen LogP) is 0.478. The van der Waals surface area contributed by atoms with E-state index in [1.807, 2.05) is 6.92 Å². The Bertz CT molecular complexity index is 26.7. The monoisotopic (exact) mass is 88.1 g/mol. The van der Waals surface area contributed by atoms with Crippen LogP contribution >= 0.6 is 0 Å². The summed E-state index contributed by atoms with van der Waals surface area (Å²) in [6.45, 7) is 1.88. The summed E-state index contributed by atoms with van der Waals surface area (Å²) in [4.78, 5) is 0. The third-order valence-corrected chi connectivity index (χ3v) is 0.623. The second-order valence-corrected chi connectivity index (χ2v) is 1.05. The zero-order valence-electron chi connectivity index (χ0n) is 4.15. The molecule has 1 radical (unpaired) electrons. The van der Waals surface area contributed by atoms with Crippen molar-refractivity contribution in [1.82, 2.24) is 5.32 Å². The molecule has 0 aliphatic carbocycles. The highest BCUT2D eigenvalue weighted by atomic mass is 16.3. The van der Waals surface area contributed by atoms with Crippen LogP contribution in [0.1, 0.15) is 13.3 Å². The minimum atomic E-state index is 0.343. The maximum absolute atomic E-state index is 8.47. The van der Waals surface area contributed by atoms with E-state index in [4.69, 9.17) is 5.11 Å². The molecule has 6 heavy (non-hydrogen) atoms. The Kier molecular flexibility index (Phi) is 3.08. The van der Waals surface area contributed by atoms with Gasteiger partial charge >= 0.3 is 0 Å². The van der Waals surface area contributed by atoms with Crippen molar-refractivity contribution in [2.75, 3.05) is 7.05 Å². The Morgan fingerprint density at radius 2 is 2.33 bits per heavy atom. The summed E-state index contributed by atoms with van der Waals surface area (Å²) in [6, 6.07) is 0. The third-order valence-electron chi connectivity index (χ3n) is 0.623. The standard InChI is InChI=1S/C4H10NO/c1-3-4(6)5-2/h5-6H,3H2,1-2H3. The average Bonchev–Trinajstić information content (AvgIpc) is 1.65. The van der Waals surface area contributed by atoms with E-state index in [1.165, 1.54) is 0 Å². The second-order valence-electron chi connectivity index (χ2n) is 1.05. The van der Waals surface area contributed by atoms with Crippen molar-refractivity contribution in [1.29, 1.82) is 0 Å². The molecule has 2 nitrogen and oxygen atoms in total. The lowest BCUT2D eigenvalue weighted by Gasteiger charge is -1.99. The molecule has 0 aliphatic heterocycles. The third kappa shape index (κ3) is 2.18. The van der Waals surface area contributed by atoms with E-state index in [1.54, 1.807) is 7.05 Å². The molecule has 0 heterocycles. The summed E-state index contributed by atoms with van der Waals surface area (Å²) in [5, 5.41) is 11.1. The van der Waals surface area contributed by atoms with Crippen LogP contribution in [-0.2, 0) is 0 Å². The van der Waals surface area contributed by atoms with Gasteiger partial charge in [0.15, 0.2) is 6.23 Å². The van der Waals surface area contributed by atoms with E-state index in [2.05, 4.69) is 5.32 Å². The number of rotatable bonds is 2. The van der Waals surface area contributed by atoms with Gasteiger partial charge in [-0.25, -0.2) is 0 Å². The van der Waals surface area contributed by atoms with Crippen LogP contribution in [-0.4, -0.2) is 12.2 Å². The van der Waals surface area contributed by atoms with E-state index in [0.29, 0.717) is 12.6 Å². The molecule has 0 saturated heterocycles. The van der Waals surface area contributed by atoms with Crippen molar-refractivity contribution < 1.29 is 5.11 Å². The Hall–Kier alpha value is -0.0800. The smallest absolute Gasteiger partial charge is 0.158 e. The summed E-state index contributed by atoms with van der Waals surface area (Å²) in [5.41, 5.74) is 0. The lowest BCUT2D eigenvalue weighted by Crippen LogP contribution is -2.12. The van der Waals surface area contributed by atoms with E-state index in [9.17, 15) is 0 Å². The molecule has 0 rings (SSSR count). The largest absolute Gasteiger partial charge is 0.371 e.